The Morgan fingerprint density at radius 1 is 1.17 bits per heavy atom. The van der Waals surface area contributed by atoms with Gasteiger partial charge in [-0.1, -0.05) is 26.7 Å². The van der Waals surface area contributed by atoms with Gasteiger partial charge in [-0.05, 0) is 18.5 Å². The van der Waals surface area contributed by atoms with Gasteiger partial charge in [0.05, 0.1) is 0 Å². The second-order valence-corrected chi connectivity index (χ2v) is 5.67. The van der Waals surface area contributed by atoms with Crippen molar-refractivity contribution in [1.29, 1.82) is 0 Å². The molecule has 0 aromatic heterocycles. The van der Waals surface area contributed by atoms with Gasteiger partial charge in [0.1, 0.15) is 0 Å². The minimum atomic E-state index is -0.644. The summed E-state index contributed by atoms with van der Waals surface area (Å²) in [6.45, 7) is 4.34. The first kappa shape index (κ1) is 11.9. The average molecular weight is 190 g/mol. The fourth-order valence-corrected chi connectivity index (χ4v) is 3.66. The SMILES string of the molecule is CCCP(CCC)CCC(=O)O. The van der Waals surface area contributed by atoms with Gasteiger partial charge in [0, 0.05) is 6.42 Å². The third-order valence-electron chi connectivity index (χ3n) is 1.72. The van der Waals surface area contributed by atoms with Crippen molar-refractivity contribution >= 4 is 13.9 Å². The average Bonchev–Trinajstić information content (AvgIpc) is 2.01. The molecular weight excluding hydrogens is 171 g/mol. The fraction of sp³-hybridized carbons (Fsp3) is 0.889. The first-order chi connectivity index (χ1) is 5.70. The Kier molecular flexibility index (Phi) is 7.48. The van der Waals surface area contributed by atoms with Crippen molar-refractivity contribution in [2.24, 2.45) is 0 Å². The van der Waals surface area contributed by atoms with Gasteiger partial charge in [0.2, 0.25) is 0 Å². The largest absolute Gasteiger partial charge is 0.481 e. The van der Waals surface area contributed by atoms with E-state index in [2.05, 4.69) is 13.8 Å². The molecule has 0 aromatic carbocycles. The van der Waals surface area contributed by atoms with E-state index in [1.165, 1.54) is 25.2 Å². The Labute approximate surface area is 76.1 Å². The van der Waals surface area contributed by atoms with Crippen LogP contribution in [0, 0.1) is 0 Å². The molecule has 0 aliphatic heterocycles. The van der Waals surface area contributed by atoms with E-state index in [4.69, 9.17) is 5.11 Å². The van der Waals surface area contributed by atoms with E-state index in [9.17, 15) is 4.79 Å². The first-order valence-electron chi connectivity index (χ1n) is 4.64. The van der Waals surface area contributed by atoms with Gasteiger partial charge in [0.15, 0.2) is 0 Å². The Morgan fingerprint density at radius 2 is 1.67 bits per heavy atom. The molecule has 0 aliphatic carbocycles. The molecule has 1 N–H and O–H groups in total. The topological polar surface area (TPSA) is 37.3 Å². The predicted octanol–water partition coefficient (Wildman–Crippen LogP) is 2.76. The number of carboxylic acid groups (broad SMARTS) is 1. The minimum absolute atomic E-state index is 0.0258. The van der Waals surface area contributed by atoms with Crippen LogP contribution in [-0.2, 0) is 4.79 Å². The molecule has 0 saturated carbocycles. The lowest BCUT2D eigenvalue weighted by Crippen LogP contribution is -2.01. The Morgan fingerprint density at radius 3 is 2.00 bits per heavy atom. The van der Waals surface area contributed by atoms with Crippen LogP contribution in [0.5, 0.6) is 0 Å². The first-order valence-corrected chi connectivity index (χ1v) is 6.54. The third kappa shape index (κ3) is 6.60. The van der Waals surface area contributed by atoms with Gasteiger partial charge in [-0.3, -0.25) is 4.79 Å². The second kappa shape index (κ2) is 7.54. The molecule has 0 amide bonds. The van der Waals surface area contributed by atoms with Crippen LogP contribution in [0.15, 0.2) is 0 Å². The van der Waals surface area contributed by atoms with E-state index >= 15 is 0 Å². The molecule has 0 spiro atoms. The lowest BCUT2D eigenvalue weighted by Gasteiger charge is -2.14. The summed E-state index contributed by atoms with van der Waals surface area (Å²) in [5.41, 5.74) is 0. The number of hydrogen-bond acceptors (Lipinski definition) is 1. The molecule has 0 aromatic rings. The molecule has 0 unspecified atom stereocenters. The number of rotatable bonds is 7. The monoisotopic (exact) mass is 190 g/mol. The van der Waals surface area contributed by atoms with Gasteiger partial charge in [-0.2, -0.15) is 0 Å². The smallest absolute Gasteiger partial charge is 0.303 e. The highest BCUT2D eigenvalue weighted by atomic mass is 31.1. The number of hydrogen-bond donors (Lipinski definition) is 1. The van der Waals surface area contributed by atoms with Crippen molar-refractivity contribution in [2.75, 3.05) is 18.5 Å². The van der Waals surface area contributed by atoms with Crippen molar-refractivity contribution in [3.8, 4) is 0 Å². The zero-order valence-electron chi connectivity index (χ0n) is 8.05. The summed E-state index contributed by atoms with van der Waals surface area (Å²) in [4.78, 5) is 10.3. The maximum absolute atomic E-state index is 10.3. The predicted molar refractivity (Wildman–Crippen MR) is 54.4 cm³/mol. The minimum Gasteiger partial charge on any atom is -0.481 e. The molecule has 3 heteroatoms. The lowest BCUT2D eigenvalue weighted by molar-refractivity contribution is -0.136. The summed E-state index contributed by atoms with van der Waals surface area (Å²) in [5.74, 6) is -0.644. The maximum Gasteiger partial charge on any atom is 0.303 e. The summed E-state index contributed by atoms with van der Waals surface area (Å²) in [6.07, 6.45) is 6.18. The Balaban J connectivity index is 3.54. The molecule has 0 heterocycles. The van der Waals surface area contributed by atoms with E-state index in [0.29, 0.717) is 6.42 Å². The summed E-state index contributed by atoms with van der Waals surface area (Å²) < 4.78 is 0. The molecule has 72 valence electrons. The van der Waals surface area contributed by atoms with E-state index < -0.39 is 5.97 Å². The molecule has 0 radical (unpaired) electrons. The normalized spacial score (nSPS) is 10.6. The van der Waals surface area contributed by atoms with E-state index in [-0.39, 0.29) is 7.92 Å². The van der Waals surface area contributed by atoms with E-state index in [0.717, 1.165) is 6.16 Å². The van der Waals surface area contributed by atoms with Crippen LogP contribution >= 0.6 is 7.92 Å². The maximum atomic E-state index is 10.3. The van der Waals surface area contributed by atoms with E-state index in [1.54, 1.807) is 0 Å². The van der Waals surface area contributed by atoms with Gasteiger partial charge in [0.25, 0.3) is 0 Å². The van der Waals surface area contributed by atoms with Crippen LogP contribution in [0.1, 0.15) is 33.1 Å². The molecule has 0 rings (SSSR count). The number of carboxylic acids is 1. The zero-order valence-corrected chi connectivity index (χ0v) is 8.94. The number of carbonyl (C=O) groups is 1. The van der Waals surface area contributed by atoms with Crippen LogP contribution in [0.4, 0.5) is 0 Å². The summed E-state index contributed by atoms with van der Waals surface area (Å²) in [6, 6.07) is 0. The highest BCUT2D eigenvalue weighted by Crippen LogP contribution is 2.37. The van der Waals surface area contributed by atoms with Gasteiger partial charge in [-0.25, -0.2) is 0 Å². The molecule has 0 bridgehead atoms. The van der Waals surface area contributed by atoms with Crippen molar-refractivity contribution in [3.63, 3.8) is 0 Å². The van der Waals surface area contributed by atoms with Crippen LogP contribution in [-0.4, -0.2) is 29.6 Å². The van der Waals surface area contributed by atoms with Crippen LogP contribution < -0.4 is 0 Å². The Bertz CT molecular complexity index is 120. The second-order valence-electron chi connectivity index (χ2n) is 2.99. The highest BCUT2D eigenvalue weighted by molar-refractivity contribution is 7.57. The van der Waals surface area contributed by atoms with E-state index in [1.807, 2.05) is 0 Å². The van der Waals surface area contributed by atoms with Crippen LogP contribution in [0.2, 0.25) is 0 Å². The van der Waals surface area contributed by atoms with Crippen LogP contribution in [0.3, 0.4) is 0 Å². The van der Waals surface area contributed by atoms with Crippen molar-refractivity contribution in [2.45, 2.75) is 33.1 Å². The summed E-state index contributed by atoms with van der Waals surface area (Å²) >= 11 is 0. The summed E-state index contributed by atoms with van der Waals surface area (Å²) in [7, 11) is 0.0258. The molecular formula is C9H19O2P. The van der Waals surface area contributed by atoms with Gasteiger partial charge in [-0.15, -0.1) is 7.92 Å². The standard InChI is InChI=1S/C9H19O2P/c1-3-6-12(7-4-2)8-5-9(10)11/h3-8H2,1-2H3,(H,10,11). The quantitative estimate of drug-likeness (QED) is 0.627. The van der Waals surface area contributed by atoms with Crippen LogP contribution in [0.25, 0.3) is 0 Å². The molecule has 12 heavy (non-hydrogen) atoms. The third-order valence-corrected chi connectivity index (χ3v) is 4.74. The lowest BCUT2D eigenvalue weighted by atomic mass is 10.5. The Hall–Kier alpha value is -0.100. The van der Waals surface area contributed by atoms with Gasteiger partial charge >= 0.3 is 5.97 Å². The number of aliphatic carboxylic acids is 1. The molecule has 0 aliphatic rings. The molecule has 2 nitrogen and oxygen atoms in total. The van der Waals surface area contributed by atoms with Crippen molar-refractivity contribution < 1.29 is 9.90 Å². The van der Waals surface area contributed by atoms with Crippen molar-refractivity contribution in [1.82, 2.24) is 0 Å². The van der Waals surface area contributed by atoms with Gasteiger partial charge < -0.3 is 5.11 Å². The molecule has 0 fully saturated rings. The zero-order chi connectivity index (χ0) is 9.40. The fourth-order valence-electron chi connectivity index (χ4n) is 1.22. The molecule has 0 atom stereocenters. The van der Waals surface area contributed by atoms with Crippen molar-refractivity contribution in [3.05, 3.63) is 0 Å². The summed E-state index contributed by atoms with van der Waals surface area (Å²) in [5, 5.41) is 8.51. The molecule has 0 saturated heterocycles. The highest BCUT2D eigenvalue weighted by Gasteiger charge is 2.07.